The lowest BCUT2D eigenvalue weighted by Gasteiger charge is -2.15. The van der Waals surface area contributed by atoms with Gasteiger partial charge in [-0.3, -0.25) is 14.4 Å². The van der Waals surface area contributed by atoms with Crippen molar-refractivity contribution in [2.24, 2.45) is 17.8 Å². The van der Waals surface area contributed by atoms with Crippen LogP contribution in [0, 0.1) is 17.8 Å². The van der Waals surface area contributed by atoms with Crippen LogP contribution in [0.3, 0.4) is 0 Å². The molecule has 78 valence electrons. The van der Waals surface area contributed by atoms with Crippen LogP contribution in [0.5, 0.6) is 0 Å². The summed E-state index contributed by atoms with van der Waals surface area (Å²) in [5.74, 6) is -5.35. The van der Waals surface area contributed by atoms with E-state index in [0.29, 0.717) is 6.42 Å². The van der Waals surface area contributed by atoms with Gasteiger partial charge in [-0.2, -0.15) is 0 Å². The highest BCUT2D eigenvalue weighted by Crippen LogP contribution is 2.36. The molecule has 5 nitrogen and oxygen atoms in total. The van der Waals surface area contributed by atoms with Crippen molar-refractivity contribution in [3.63, 3.8) is 0 Å². The van der Waals surface area contributed by atoms with E-state index < -0.39 is 29.7 Å². The maximum atomic E-state index is 11.3. The molecule has 0 amide bonds. The number of Topliss-reactive ketones (excluding diaryl/α,β-unsaturated/α-hetero) is 1. The Morgan fingerprint density at radius 3 is 2.29 bits per heavy atom. The van der Waals surface area contributed by atoms with E-state index in [4.69, 9.17) is 10.2 Å². The van der Waals surface area contributed by atoms with Gasteiger partial charge >= 0.3 is 11.9 Å². The Kier molecular flexibility index (Phi) is 2.88. The van der Waals surface area contributed by atoms with Crippen molar-refractivity contribution in [2.75, 3.05) is 0 Å². The van der Waals surface area contributed by atoms with Gasteiger partial charge in [0.2, 0.25) is 0 Å². The van der Waals surface area contributed by atoms with Gasteiger partial charge in [0.25, 0.3) is 0 Å². The van der Waals surface area contributed by atoms with Crippen LogP contribution in [0.1, 0.15) is 19.8 Å². The molecule has 1 saturated carbocycles. The SMILES string of the molecule is CC[C@H]1C(=O)C[C@@H](C(=O)O)[C@H]1C(=O)O. The lowest BCUT2D eigenvalue weighted by atomic mass is 9.88. The van der Waals surface area contributed by atoms with Crippen LogP contribution in [0.4, 0.5) is 0 Å². The monoisotopic (exact) mass is 200 g/mol. The summed E-state index contributed by atoms with van der Waals surface area (Å²) in [6.07, 6.45) is 0.240. The second kappa shape index (κ2) is 3.77. The number of hydrogen-bond donors (Lipinski definition) is 2. The van der Waals surface area contributed by atoms with Crippen molar-refractivity contribution in [3.05, 3.63) is 0 Å². The third-order valence-electron chi connectivity index (χ3n) is 2.74. The number of carboxylic acids is 2. The number of carbonyl (C=O) groups is 3. The van der Waals surface area contributed by atoms with Crippen molar-refractivity contribution in [2.45, 2.75) is 19.8 Å². The normalized spacial score (nSPS) is 31.8. The van der Waals surface area contributed by atoms with E-state index in [1.807, 2.05) is 0 Å². The first-order valence-corrected chi connectivity index (χ1v) is 4.47. The molecule has 1 fully saturated rings. The third kappa shape index (κ3) is 1.62. The predicted octanol–water partition coefficient (Wildman–Crippen LogP) is 0.387. The average molecular weight is 200 g/mol. The third-order valence-corrected chi connectivity index (χ3v) is 2.74. The Hall–Kier alpha value is -1.39. The molecule has 0 aliphatic heterocycles. The molecule has 1 aliphatic carbocycles. The van der Waals surface area contributed by atoms with E-state index in [1.165, 1.54) is 0 Å². The van der Waals surface area contributed by atoms with Gasteiger partial charge in [0.15, 0.2) is 0 Å². The molecule has 3 atom stereocenters. The van der Waals surface area contributed by atoms with E-state index in [9.17, 15) is 14.4 Å². The van der Waals surface area contributed by atoms with Gasteiger partial charge in [-0.1, -0.05) is 6.92 Å². The summed E-state index contributed by atoms with van der Waals surface area (Å²) in [6, 6.07) is 0. The highest BCUT2D eigenvalue weighted by molar-refractivity contribution is 5.96. The zero-order valence-electron chi connectivity index (χ0n) is 7.77. The van der Waals surface area contributed by atoms with Gasteiger partial charge in [0.1, 0.15) is 5.78 Å². The molecule has 0 heterocycles. The lowest BCUT2D eigenvalue weighted by molar-refractivity contribution is -0.153. The molecule has 0 aromatic carbocycles. The van der Waals surface area contributed by atoms with Crippen LogP contribution < -0.4 is 0 Å². The largest absolute Gasteiger partial charge is 0.481 e. The summed E-state index contributed by atoms with van der Waals surface area (Å²) < 4.78 is 0. The first-order valence-electron chi connectivity index (χ1n) is 4.47. The van der Waals surface area contributed by atoms with E-state index >= 15 is 0 Å². The van der Waals surface area contributed by atoms with Crippen LogP contribution in [-0.4, -0.2) is 27.9 Å². The van der Waals surface area contributed by atoms with E-state index in [1.54, 1.807) is 6.92 Å². The molecule has 0 aromatic rings. The summed E-state index contributed by atoms with van der Waals surface area (Å²) >= 11 is 0. The van der Waals surface area contributed by atoms with Gasteiger partial charge in [-0.25, -0.2) is 0 Å². The van der Waals surface area contributed by atoms with Crippen LogP contribution in [0.2, 0.25) is 0 Å². The van der Waals surface area contributed by atoms with Crippen molar-refractivity contribution < 1.29 is 24.6 Å². The number of aliphatic carboxylic acids is 2. The van der Waals surface area contributed by atoms with Crippen LogP contribution in [0.15, 0.2) is 0 Å². The highest BCUT2D eigenvalue weighted by atomic mass is 16.4. The molecule has 2 N–H and O–H groups in total. The molecule has 1 rings (SSSR count). The Morgan fingerprint density at radius 1 is 1.36 bits per heavy atom. The standard InChI is InChI=1S/C9H12O5/c1-2-4-6(10)3-5(8(11)12)7(4)9(13)14/h4-5,7H,2-3H2,1H3,(H,11,12)(H,13,14)/t4-,5+,7-/m0/s1. The Bertz CT molecular complexity index is 283. The first kappa shape index (κ1) is 10.7. The smallest absolute Gasteiger partial charge is 0.308 e. The second-order valence-corrected chi connectivity index (χ2v) is 3.49. The number of ketones is 1. The summed E-state index contributed by atoms with van der Waals surface area (Å²) in [5, 5.41) is 17.6. The Balaban J connectivity index is 2.96. The highest BCUT2D eigenvalue weighted by Gasteiger charge is 2.48. The zero-order chi connectivity index (χ0) is 10.9. The molecule has 0 spiro atoms. The molecule has 5 heteroatoms. The fourth-order valence-corrected chi connectivity index (χ4v) is 2.04. The Labute approximate surface area is 80.7 Å². The van der Waals surface area contributed by atoms with Gasteiger partial charge < -0.3 is 10.2 Å². The summed E-state index contributed by atoms with van der Waals surface area (Å²) in [5.41, 5.74) is 0. The quantitative estimate of drug-likeness (QED) is 0.687. The van der Waals surface area contributed by atoms with Gasteiger partial charge in [-0.05, 0) is 6.42 Å². The van der Waals surface area contributed by atoms with Crippen molar-refractivity contribution in [1.82, 2.24) is 0 Å². The summed E-state index contributed by atoms with van der Waals surface area (Å²) in [4.78, 5) is 32.8. The van der Waals surface area contributed by atoms with Crippen molar-refractivity contribution >= 4 is 17.7 Å². The minimum atomic E-state index is -1.19. The number of rotatable bonds is 3. The predicted molar refractivity (Wildman–Crippen MR) is 45.7 cm³/mol. The molecule has 14 heavy (non-hydrogen) atoms. The average Bonchev–Trinajstić information content (AvgIpc) is 2.42. The molecule has 0 aromatic heterocycles. The topological polar surface area (TPSA) is 91.7 Å². The minimum Gasteiger partial charge on any atom is -0.481 e. The first-order chi connectivity index (χ1) is 6.49. The van der Waals surface area contributed by atoms with Crippen molar-refractivity contribution in [1.29, 1.82) is 0 Å². The molecule has 1 aliphatic rings. The van der Waals surface area contributed by atoms with Gasteiger partial charge in [-0.15, -0.1) is 0 Å². The van der Waals surface area contributed by atoms with E-state index in [0.717, 1.165) is 0 Å². The second-order valence-electron chi connectivity index (χ2n) is 3.49. The van der Waals surface area contributed by atoms with Crippen LogP contribution in [-0.2, 0) is 14.4 Å². The fraction of sp³-hybridized carbons (Fsp3) is 0.667. The van der Waals surface area contributed by atoms with Gasteiger partial charge in [0, 0.05) is 12.3 Å². The zero-order valence-corrected chi connectivity index (χ0v) is 7.77. The molecule has 0 saturated heterocycles. The summed E-state index contributed by atoms with van der Waals surface area (Å²) in [6.45, 7) is 1.70. The maximum Gasteiger partial charge on any atom is 0.308 e. The lowest BCUT2D eigenvalue weighted by Crippen LogP contribution is -2.29. The number of hydrogen-bond acceptors (Lipinski definition) is 3. The number of carbonyl (C=O) groups excluding carboxylic acids is 1. The maximum absolute atomic E-state index is 11.3. The molecule has 0 unspecified atom stereocenters. The molecule has 0 bridgehead atoms. The van der Waals surface area contributed by atoms with E-state index in [2.05, 4.69) is 0 Å². The summed E-state index contributed by atoms with van der Waals surface area (Å²) in [7, 11) is 0. The van der Waals surface area contributed by atoms with Crippen molar-refractivity contribution in [3.8, 4) is 0 Å². The molecule has 0 radical (unpaired) electrons. The van der Waals surface area contributed by atoms with E-state index in [-0.39, 0.29) is 12.2 Å². The number of carboxylic acid groups (broad SMARTS) is 2. The van der Waals surface area contributed by atoms with Crippen LogP contribution >= 0.6 is 0 Å². The van der Waals surface area contributed by atoms with Gasteiger partial charge in [0.05, 0.1) is 11.8 Å². The molecular weight excluding hydrogens is 188 g/mol. The Morgan fingerprint density at radius 2 is 1.93 bits per heavy atom. The minimum absolute atomic E-state index is 0.148. The fourth-order valence-electron chi connectivity index (χ4n) is 2.04. The molecular formula is C9H12O5. The van der Waals surface area contributed by atoms with Crippen LogP contribution in [0.25, 0.3) is 0 Å².